The summed E-state index contributed by atoms with van der Waals surface area (Å²) in [5.41, 5.74) is 4.42. The number of rotatable bonds is 1. The number of aryl methyl sites for hydroxylation is 1. The minimum Gasteiger partial charge on any atom is -0.358 e. The normalized spacial score (nSPS) is 24.5. The summed E-state index contributed by atoms with van der Waals surface area (Å²) in [7, 11) is 0. The highest BCUT2D eigenvalue weighted by atomic mass is 15.2. The average Bonchev–Trinajstić information content (AvgIpc) is 2.86. The number of hydrogen-bond donors (Lipinski definition) is 1. The van der Waals surface area contributed by atoms with Gasteiger partial charge in [-0.15, -0.1) is 0 Å². The van der Waals surface area contributed by atoms with Crippen molar-refractivity contribution in [3.63, 3.8) is 0 Å². The van der Waals surface area contributed by atoms with Gasteiger partial charge in [0.05, 0.1) is 0 Å². The van der Waals surface area contributed by atoms with Crippen LogP contribution in [0.1, 0.15) is 36.9 Å². The quantitative estimate of drug-likeness (QED) is 0.825. The lowest BCUT2D eigenvalue weighted by atomic mass is 9.89. The molecule has 1 saturated heterocycles. The van der Waals surface area contributed by atoms with Crippen LogP contribution in [0.5, 0.6) is 0 Å². The number of hydrogen-bond acceptors (Lipinski definition) is 1. The van der Waals surface area contributed by atoms with Gasteiger partial charge in [0.15, 0.2) is 0 Å². The zero-order valence-corrected chi connectivity index (χ0v) is 11.5. The third kappa shape index (κ3) is 1.99. The van der Waals surface area contributed by atoms with Crippen LogP contribution in [0.4, 0.5) is 0 Å². The molecule has 1 N–H and O–H groups in total. The number of nitrogens with zero attached hydrogens (tertiary/aromatic N) is 1. The number of aromatic amines is 1. The molecule has 0 spiro atoms. The van der Waals surface area contributed by atoms with Crippen LogP contribution in [-0.4, -0.2) is 29.0 Å². The molecule has 0 amide bonds. The first kappa shape index (κ1) is 11.5. The predicted molar refractivity (Wildman–Crippen MR) is 79.5 cm³/mol. The van der Waals surface area contributed by atoms with Crippen molar-refractivity contribution in [2.45, 2.75) is 44.6 Å². The van der Waals surface area contributed by atoms with Crippen molar-refractivity contribution in [1.29, 1.82) is 0 Å². The van der Waals surface area contributed by atoms with Gasteiger partial charge in [-0.3, -0.25) is 0 Å². The van der Waals surface area contributed by atoms with Gasteiger partial charge in [0.2, 0.25) is 0 Å². The third-order valence-corrected chi connectivity index (χ3v) is 4.98. The second kappa shape index (κ2) is 4.68. The van der Waals surface area contributed by atoms with Crippen molar-refractivity contribution < 1.29 is 0 Å². The predicted octanol–water partition coefficient (Wildman–Crippen LogP) is 3.51. The van der Waals surface area contributed by atoms with Crippen LogP contribution in [0.25, 0.3) is 10.9 Å². The molecule has 2 aromatic rings. The molecule has 1 aliphatic heterocycles. The van der Waals surface area contributed by atoms with E-state index in [1.54, 1.807) is 5.56 Å². The van der Waals surface area contributed by atoms with E-state index in [1.807, 2.05) is 0 Å². The minimum absolute atomic E-state index is 0.784. The Morgan fingerprint density at radius 1 is 1.05 bits per heavy atom. The van der Waals surface area contributed by atoms with Crippen LogP contribution in [0.3, 0.4) is 0 Å². The van der Waals surface area contributed by atoms with Crippen LogP contribution in [-0.2, 0) is 12.8 Å². The van der Waals surface area contributed by atoms with Crippen molar-refractivity contribution in [3.05, 3.63) is 35.5 Å². The molecule has 100 valence electrons. The maximum atomic E-state index is 3.62. The van der Waals surface area contributed by atoms with Crippen molar-refractivity contribution in [2.75, 3.05) is 13.1 Å². The molecule has 1 fully saturated rings. The summed E-state index contributed by atoms with van der Waals surface area (Å²) in [6.45, 7) is 2.64. The summed E-state index contributed by atoms with van der Waals surface area (Å²) in [5.74, 6) is 0. The van der Waals surface area contributed by atoms with E-state index in [-0.39, 0.29) is 0 Å². The molecule has 2 aliphatic rings. The van der Waals surface area contributed by atoms with Crippen molar-refractivity contribution in [3.8, 4) is 0 Å². The molecule has 0 unspecified atom stereocenters. The van der Waals surface area contributed by atoms with Gasteiger partial charge in [0, 0.05) is 22.6 Å². The minimum atomic E-state index is 0.784. The first-order valence-corrected chi connectivity index (χ1v) is 7.74. The number of piperidine rings is 1. The first-order chi connectivity index (χ1) is 9.42. The van der Waals surface area contributed by atoms with Crippen LogP contribution in [0, 0.1) is 0 Å². The number of fused-ring (bicyclic) bond motifs is 3. The lowest BCUT2D eigenvalue weighted by Crippen LogP contribution is -2.42. The van der Waals surface area contributed by atoms with Gasteiger partial charge in [0.1, 0.15) is 0 Å². The van der Waals surface area contributed by atoms with Gasteiger partial charge in [-0.05, 0) is 56.8 Å². The molecule has 2 nitrogen and oxygen atoms in total. The summed E-state index contributed by atoms with van der Waals surface area (Å²) in [5, 5.41) is 1.46. The number of para-hydroxylation sites is 1. The highest BCUT2D eigenvalue weighted by Crippen LogP contribution is 2.31. The lowest BCUT2D eigenvalue weighted by molar-refractivity contribution is 0.150. The number of H-pyrrole nitrogens is 1. The van der Waals surface area contributed by atoms with E-state index < -0.39 is 0 Å². The largest absolute Gasteiger partial charge is 0.358 e. The Hall–Kier alpha value is -1.28. The van der Waals surface area contributed by atoms with Gasteiger partial charge in [-0.1, -0.05) is 24.6 Å². The van der Waals surface area contributed by atoms with Gasteiger partial charge in [0.25, 0.3) is 0 Å². The fourth-order valence-corrected chi connectivity index (χ4v) is 3.95. The summed E-state index contributed by atoms with van der Waals surface area (Å²) in [6, 6.07) is 9.58. The van der Waals surface area contributed by atoms with E-state index in [9.17, 15) is 0 Å². The Morgan fingerprint density at radius 2 is 1.89 bits per heavy atom. The second-order valence-electron chi connectivity index (χ2n) is 6.12. The Morgan fingerprint density at radius 3 is 2.79 bits per heavy atom. The van der Waals surface area contributed by atoms with E-state index in [0.29, 0.717) is 0 Å². The third-order valence-electron chi connectivity index (χ3n) is 4.98. The standard InChI is InChI=1S/C17H22N2/c1-4-10-19(11-5-1)13-8-9-17-15(12-13)14-6-2-3-7-16(14)18-17/h2-3,6-7,13,18H,1,4-5,8-12H2/t13-/m0/s1. The zero-order valence-electron chi connectivity index (χ0n) is 11.5. The summed E-state index contributed by atoms with van der Waals surface area (Å²) < 4.78 is 0. The zero-order chi connectivity index (χ0) is 12.7. The molecular weight excluding hydrogens is 232 g/mol. The Balaban J connectivity index is 1.65. The molecule has 4 rings (SSSR count). The smallest absolute Gasteiger partial charge is 0.0458 e. The molecule has 1 aromatic carbocycles. The molecule has 2 heterocycles. The Kier molecular flexibility index (Phi) is 2.84. The highest BCUT2D eigenvalue weighted by Gasteiger charge is 2.27. The fourth-order valence-electron chi connectivity index (χ4n) is 3.95. The molecule has 1 atom stereocenters. The van der Waals surface area contributed by atoms with Gasteiger partial charge in [-0.25, -0.2) is 0 Å². The number of likely N-dealkylation sites (tertiary alicyclic amines) is 1. The molecule has 0 bridgehead atoms. The highest BCUT2D eigenvalue weighted by molar-refractivity contribution is 5.84. The average molecular weight is 254 g/mol. The first-order valence-electron chi connectivity index (χ1n) is 7.74. The SMILES string of the molecule is c1ccc2c3c([nH]c2c1)CC[C@H](N1CCCCC1)C3. The van der Waals surface area contributed by atoms with E-state index in [1.165, 1.54) is 68.2 Å². The monoisotopic (exact) mass is 254 g/mol. The van der Waals surface area contributed by atoms with Gasteiger partial charge in [-0.2, -0.15) is 0 Å². The Bertz CT molecular complexity index is 578. The van der Waals surface area contributed by atoms with Crippen LogP contribution >= 0.6 is 0 Å². The fraction of sp³-hybridized carbons (Fsp3) is 0.529. The van der Waals surface area contributed by atoms with E-state index in [0.717, 1.165) is 6.04 Å². The number of aromatic nitrogens is 1. The number of benzene rings is 1. The molecule has 0 saturated carbocycles. The van der Waals surface area contributed by atoms with Crippen molar-refractivity contribution in [2.24, 2.45) is 0 Å². The molecular formula is C17H22N2. The molecule has 2 heteroatoms. The lowest BCUT2D eigenvalue weighted by Gasteiger charge is -2.36. The maximum Gasteiger partial charge on any atom is 0.0458 e. The summed E-state index contributed by atoms with van der Waals surface area (Å²) >= 11 is 0. The molecule has 0 radical (unpaired) electrons. The second-order valence-corrected chi connectivity index (χ2v) is 6.12. The van der Waals surface area contributed by atoms with E-state index in [2.05, 4.69) is 34.1 Å². The summed E-state index contributed by atoms with van der Waals surface area (Å²) in [6.07, 6.45) is 8.04. The van der Waals surface area contributed by atoms with Crippen molar-refractivity contribution in [1.82, 2.24) is 9.88 Å². The van der Waals surface area contributed by atoms with Crippen LogP contribution in [0.2, 0.25) is 0 Å². The molecule has 19 heavy (non-hydrogen) atoms. The molecule has 1 aromatic heterocycles. The van der Waals surface area contributed by atoms with Crippen molar-refractivity contribution >= 4 is 10.9 Å². The number of nitrogens with one attached hydrogen (secondary N) is 1. The topological polar surface area (TPSA) is 19.0 Å². The van der Waals surface area contributed by atoms with Gasteiger partial charge < -0.3 is 9.88 Å². The Labute approximate surface area is 114 Å². The maximum absolute atomic E-state index is 3.62. The molecule has 1 aliphatic carbocycles. The van der Waals surface area contributed by atoms with E-state index >= 15 is 0 Å². The summed E-state index contributed by atoms with van der Waals surface area (Å²) in [4.78, 5) is 6.37. The van der Waals surface area contributed by atoms with Crippen LogP contribution < -0.4 is 0 Å². The van der Waals surface area contributed by atoms with Crippen LogP contribution in [0.15, 0.2) is 24.3 Å². The van der Waals surface area contributed by atoms with Gasteiger partial charge >= 0.3 is 0 Å². The van der Waals surface area contributed by atoms with E-state index in [4.69, 9.17) is 0 Å².